The zero-order chi connectivity index (χ0) is 13.0. The van der Waals surface area contributed by atoms with Gasteiger partial charge in [0.05, 0.1) is 12.7 Å². The van der Waals surface area contributed by atoms with Crippen molar-refractivity contribution in [2.45, 2.75) is 19.5 Å². The highest BCUT2D eigenvalue weighted by Gasteiger charge is 2.20. The fraction of sp³-hybridized carbons (Fsp3) is 0.500. The zero-order valence-corrected chi connectivity index (χ0v) is 11.0. The van der Waals surface area contributed by atoms with Crippen molar-refractivity contribution >= 4 is 5.97 Å². The van der Waals surface area contributed by atoms with Crippen LogP contribution in [-0.2, 0) is 11.3 Å². The van der Waals surface area contributed by atoms with Crippen molar-refractivity contribution < 1.29 is 9.53 Å². The standard InChI is InChI=1S/C14H20N2O2/c1-11-9-15-7-8-16(11)10-12-5-3-4-6-13(12)14(17)18-2/h3-6,11,15H,7-10H2,1-2H3/t11-/m0/s1. The van der Waals surface area contributed by atoms with Gasteiger partial charge in [0.2, 0.25) is 0 Å². The number of hydrogen-bond donors (Lipinski definition) is 1. The molecule has 0 spiro atoms. The first-order valence-corrected chi connectivity index (χ1v) is 6.33. The summed E-state index contributed by atoms with van der Waals surface area (Å²) in [6.45, 7) is 6.02. The van der Waals surface area contributed by atoms with E-state index in [1.165, 1.54) is 7.11 Å². The Hall–Kier alpha value is -1.39. The highest BCUT2D eigenvalue weighted by Crippen LogP contribution is 2.15. The minimum absolute atomic E-state index is 0.256. The maximum absolute atomic E-state index is 11.7. The SMILES string of the molecule is COC(=O)c1ccccc1CN1CCNC[C@@H]1C. The van der Waals surface area contributed by atoms with E-state index in [0.717, 1.165) is 31.7 Å². The molecule has 0 bridgehead atoms. The van der Waals surface area contributed by atoms with E-state index >= 15 is 0 Å². The topological polar surface area (TPSA) is 41.6 Å². The van der Waals surface area contributed by atoms with Crippen LogP contribution >= 0.6 is 0 Å². The van der Waals surface area contributed by atoms with E-state index in [0.29, 0.717) is 11.6 Å². The van der Waals surface area contributed by atoms with Gasteiger partial charge in [-0.15, -0.1) is 0 Å². The van der Waals surface area contributed by atoms with E-state index in [1.807, 2.05) is 24.3 Å². The summed E-state index contributed by atoms with van der Waals surface area (Å²) >= 11 is 0. The lowest BCUT2D eigenvalue weighted by molar-refractivity contribution is 0.0597. The molecule has 0 amide bonds. The molecule has 1 aliphatic heterocycles. The molecular weight excluding hydrogens is 228 g/mol. The monoisotopic (exact) mass is 248 g/mol. The van der Waals surface area contributed by atoms with E-state index in [-0.39, 0.29) is 5.97 Å². The summed E-state index contributed by atoms with van der Waals surface area (Å²) in [7, 11) is 1.42. The molecule has 0 unspecified atom stereocenters. The van der Waals surface area contributed by atoms with Crippen molar-refractivity contribution in [2.24, 2.45) is 0 Å². The minimum atomic E-state index is -0.256. The second-order valence-corrected chi connectivity index (χ2v) is 4.67. The molecule has 1 N–H and O–H groups in total. The number of piperazine rings is 1. The third kappa shape index (κ3) is 2.89. The van der Waals surface area contributed by atoms with Gasteiger partial charge in [0.15, 0.2) is 0 Å². The molecule has 4 heteroatoms. The highest BCUT2D eigenvalue weighted by molar-refractivity contribution is 5.90. The van der Waals surface area contributed by atoms with Gasteiger partial charge in [-0.25, -0.2) is 4.79 Å². The number of nitrogens with zero attached hydrogens (tertiary/aromatic N) is 1. The van der Waals surface area contributed by atoms with Crippen molar-refractivity contribution in [2.75, 3.05) is 26.7 Å². The summed E-state index contributed by atoms with van der Waals surface area (Å²) in [6, 6.07) is 8.16. The van der Waals surface area contributed by atoms with Crippen molar-refractivity contribution in [3.05, 3.63) is 35.4 Å². The Balaban J connectivity index is 2.15. The van der Waals surface area contributed by atoms with E-state index in [9.17, 15) is 4.79 Å². The van der Waals surface area contributed by atoms with Crippen molar-refractivity contribution in [1.82, 2.24) is 10.2 Å². The number of esters is 1. The first kappa shape index (κ1) is 13.1. The van der Waals surface area contributed by atoms with Gasteiger partial charge >= 0.3 is 5.97 Å². The molecule has 18 heavy (non-hydrogen) atoms. The lowest BCUT2D eigenvalue weighted by Gasteiger charge is -2.34. The number of rotatable bonds is 3. The fourth-order valence-corrected chi connectivity index (χ4v) is 2.30. The predicted octanol–water partition coefficient (Wildman–Crippen LogP) is 1.27. The number of carbonyl (C=O) groups is 1. The molecule has 1 aromatic rings. The quantitative estimate of drug-likeness (QED) is 0.818. The summed E-state index contributed by atoms with van der Waals surface area (Å²) in [5.41, 5.74) is 1.71. The van der Waals surface area contributed by atoms with Crippen LogP contribution in [0.4, 0.5) is 0 Å². The molecule has 2 rings (SSSR count). The first-order valence-electron chi connectivity index (χ1n) is 6.33. The maximum Gasteiger partial charge on any atom is 0.338 e. The Morgan fingerprint density at radius 1 is 1.50 bits per heavy atom. The van der Waals surface area contributed by atoms with Crippen LogP contribution in [0.25, 0.3) is 0 Å². The normalized spacial score (nSPS) is 20.7. The average molecular weight is 248 g/mol. The van der Waals surface area contributed by atoms with Crippen LogP contribution in [0.5, 0.6) is 0 Å². The third-order valence-electron chi connectivity index (χ3n) is 3.43. The van der Waals surface area contributed by atoms with Crippen LogP contribution in [-0.4, -0.2) is 43.7 Å². The zero-order valence-electron chi connectivity index (χ0n) is 11.0. The van der Waals surface area contributed by atoms with Crippen molar-refractivity contribution in [3.63, 3.8) is 0 Å². The summed E-state index contributed by atoms with van der Waals surface area (Å²) in [6.07, 6.45) is 0. The molecule has 0 aliphatic carbocycles. The lowest BCUT2D eigenvalue weighted by Crippen LogP contribution is -2.49. The van der Waals surface area contributed by atoms with Crippen LogP contribution in [0.1, 0.15) is 22.8 Å². The van der Waals surface area contributed by atoms with Crippen LogP contribution in [0.15, 0.2) is 24.3 Å². The maximum atomic E-state index is 11.7. The highest BCUT2D eigenvalue weighted by atomic mass is 16.5. The van der Waals surface area contributed by atoms with Crippen LogP contribution in [0, 0.1) is 0 Å². The fourth-order valence-electron chi connectivity index (χ4n) is 2.30. The van der Waals surface area contributed by atoms with Crippen LogP contribution in [0.2, 0.25) is 0 Å². The summed E-state index contributed by atoms with van der Waals surface area (Å²) in [4.78, 5) is 14.1. The molecule has 1 fully saturated rings. The second-order valence-electron chi connectivity index (χ2n) is 4.67. The molecule has 1 atom stereocenters. The van der Waals surface area contributed by atoms with Crippen molar-refractivity contribution in [1.29, 1.82) is 0 Å². The number of nitrogens with one attached hydrogen (secondary N) is 1. The Morgan fingerprint density at radius 3 is 3.00 bits per heavy atom. The van der Waals surface area contributed by atoms with Gasteiger partial charge in [0.1, 0.15) is 0 Å². The smallest absolute Gasteiger partial charge is 0.338 e. The number of carbonyl (C=O) groups excluding carboxylic acids is 1. The van der Waals surface area contributed by atoms with E-state index in [1.54, 1.807) is 0 Å². The number of methoxy groups -OCH3 is 1. The summed E-state index contributed by atoms with van der Waals surface area (Å²) in [5, 5.41) is 3.37. The van der Waals surface area contributed by atoms with Crippen LogP contribution in [0.3, 0.4) is 0 Å². The van der Waals surface area contributed by atoms with Gasteiger partial charge < -0.3 is 10.1 Å². The summed E-state index contributed by atoms with van der Waals surface area (Å²) in [5.74, 6) is -0.256. The van der Waals surface area contributed by atoms with Gasteiger partial charge in [-0.05, 0) is 18.6 Å². The van der Waals surface area contributed by atoms with E-state index in [4.69, 9.17) is 4.74 Å². The van der Waals surface area contributed by atoms with Gasteiger partial charge in [0.25, 0.3) is 0 Å². The average Bonchev–Trinajstić information content (AvgIpc) is 2.41. The van der Waals surface area contributed by atoms with E-state index < -0.39 is 0 Å². The van der Waals surface area contributed by atoms with Gasteiger partial charge in [0, 0.05) is 32.2 Å². The molecule has 1 aliphatic rings. The third-order valence-corrected chi connectivity index (χ3v) is 3.43. The Labute approximate surface area is 108 Å². The van der Waals surface area contributed by atoms with Gasteiger partial charge in [-0.3, -0.25) is 4.90 Å². The molecule has 1 aromatic carbocycles. The van der Waals surface area contributed by atoms with Gasteiger partial charge in [-0.2, -0.15) is 0 Å². The molecule has 1 heterocycles. The lowest BCUT2D eigenvalue weighted by atomic mass is 10.1. The summed E-state index contributed by atoms with van der Waals surface area (Å²) < 4.78 is 4.82. The van der Waals surface area contributed by atoms with Gasteiger partial charge in [-0.1, -0.05) is 18.2 Å². The Kier molecular flexibility index (Phi) is 4.33. The first-order chi connectivity index (χ1) is 8.72. The number of benzene rings is 1. The predicted molar refractivity (Wildman–Crippen MR) is 70.5 cm³/mol. The molecule has 4 nitrogen and oxygen atoms in total. The largest absolute Gasteiger partial charge is 0.465 e. The van der Waals surface area contributed by atoms with E-state index in [2.05, 4.69) is 17.1 Å². The van der Waals surface area contributed by atoms with Crippen molar-refractivity contribution in [3.8, 4) is 0 Å². The molecule has 0 saturated carbocycles. The molecule has 98 valence electrons. The molecule has 0 aromatic heterocycles. The minimum Gasteiger partial charge on any atom is -0.465 e. The second kappa shape index (κ2) is 5.98. The molecular formula is C14H20N2O2. The Bertz CT molecular complexity index is 420. The van der Waals surface area contributed by atoms with Crippen LogP contribution < -0.4 is 5.32 Å². The molecule has 0 radical (unpaired) electrons. The number of hydrogen-bond acceptors (Lipinski definition) is 4. The molecule has 1 saturated heterocycles. The number of ether oxygens (including phenoxy) is 1. The Morgan fingerprint density at radius 2 is 2.28 bits per heavy atom.